The van der Waals surface area contributed by atoms with Crippen molar-refractivity contribution in [2.75, 3.05) is 7.11 Å². The van der Waals surface area contributed by atoms with E-state index in [-0.39, 0.29) is 0 Å². The van der Waals surface area contributed by atoms with E-state index in [1.807, 2.05) is 43.3 Å². The summed E-state index contributed by atoms with van der Waals surface area (Å²) in [5, 5.41) is 0. The van der Waals surface area contributed by atoms with Crippen molar-refractivity contribution in [3.8, 4) is 5.75 Å². The van der Waals surface area contributed by atoms with E-state index < -0.39 is 15.6 Å². The van der Waals surface area contributed by atoms with Gasteiger partial charge in [0.1, 0.15) is 5.75 Å². The fraction of sp³-hybridized carbons (Fsp3) is 0.200. The van der Waals surface area contributed by atoms with Crippen molar-refractivity contribution in [1.82, 2.24) is 4.72 Å². The third kappa shape index (κ3) is 1.82. The first kappa shape index (κ1) is 13.1. The number of hydrogen-bond acceptors (Lipinski definition) is 3. The van der Waals surface area contributed by atoms with Crippen LogP contribution in [-0.4, -0.2) is 15.5 Å². The van der Waals surface area contributed by atoms with Crippen LogP contribution in [0, 0.1) is 0 Å². The maximum Gasteiger partial charge on any atom is 0.242 e. The summed E-state index contributed by atoms with van der Waals surface area (Å²) >= 11 is 0. The molecule has 4 nitrogen and oxygen atoms in total. The van der Waals surface area contributed by atoms with E-state index in [9.17, 15) is 8.42 Å². The zero-order chi connectivity index (χ0) is 14.4. The molecule has 1 aliphatic heterocycles. The zero-order valence-corrected chi connectivity index (χ0v) is 12.1. The van der Waals surface area contributed by atoms with E-state index >= 15 is 0 Å². The number of methoxy groups -OCH3 is 1. The first-order chi connectivity index (χ1) is 9.47. The minimum absolute atomic E-state index is 0.338. The van der Waals surface area contributed by atoms with Crippen molar-refractivity contribution in [2.24, 2.45) is 0 Å². The highest BCUT2D eigenvalue weighted by molar-refractivity contribution is 7.89. The van der Waals surface area contributed by atoms with Gasteiger partial charge in [-0.25, -0.2) is 8.42 Å². The Morgan fingerprint density at radius 2 is 1.85 bits per heavy atom. The second-order valence-electron chi connectivity index (χ2n) is 4.96. The van der Waals surface area contributed by atoms with Crippen molar-refractivity contribution < 1.29 is 13.2 Å². The Morgan fingerprint density at radius 1 is 1.10 bits per heavy atom. The van der Waals surface area contributed by atoms with Gasteiger partial charge in [0.25, 0.3) is 0 Å². The Hall–Kier alpha value is -1.85. The molecule has 0 unspecified atom stereocenters. The SMILES string of the molecule is COc1cccc([C@@]2(C)NS(=O)(=O)c3ccccc32)c1. The summed E-state index contributed by atoms with van der Waals surface area (Å²) in [5.74, 6) is 0.701. The molecule has 0 spiro atoms. The van der Waals surface area contributed by atoms with Crippen LogP contribution < -0.4 is 9.46 Å². The van der Waals surface area contributed by atoms with E-state index in [0.717, 1.165) is 11.1 Å². The Bertz CT molecular complexity index is 770. The van der Waals surface area contributed by atoms with Crippen LogP contribution in [0.15, 0.2) is 53.4 Å². The van der Waals surface area contributed by atoms with Gasteiger partial charge in [-0.05, 0) is 36.2 Å². The van der Waals surface area contributed by atoms with Gasteiger partial charge in [0, 0.05) is 0 Å². The first-order valence-corrected chi connectivity index (χ1v) is 7.74. The molecule has 0 amide bonds. The number of fused-ring (bicyclic) bond motifs is 1. The maximum atomic E-state index is 12.3. The molecule has 104 valence electrons. The summed E-state index contributed by atoms with van der Waals surface area (Å²) in [7, 11) is -1.88. The fourth-order valence-electron chi connectivity index (χ4n) is 2.64. The molecule has 5 heteroatoms. The monoisotopic (exact) mass is 289 g/mol. The highest BCUT2D eigenvalue weighted by Gasteiger charge is 2.44. The van der Waals surface area contributed by atoms with Crippen LogP contribution in [-0.2, 0) is 15.6 Å². The number of hydrogen-bond donors (Lipinski definition) is 1. The Kier molecular flexibility index (Phi) is 2.84. The summed E-state index contributed by atoms with van der Waals surface area (Å²) in [4.78, 5) is 0.338. The molecule has 1 atom stereocenters. The van der Waals surface area contributed by atoms with Crippen LogP contribution >= 0.6 is 0 Å². The standard InChI is InChI=1S/C15H15NO3S/c1-15(11-6-5-7-12(10-11)19-2)13-8-3-4-9-14(13)20(17,18)16-15/h3-10,16H,1-2H3/t15-/m1/s1. The third-order valence-electron chi connectivity index (χ3n) is 3.70. The number of sulfonamides is 1. The molecule has 20 heavy (non-hydrogen) atoms. The molecule has 1 heterocycles. The topological polar surface area (TPSA) is 55.4 Å². The fourth-order valence-corrected chi connectivity index (χ4v) is 4.34. The van der Waals surface area contributed by atoms with Gasteiger partial charge in [-0.15, -0.1) is 0 Å². The molecule has 0 radical (unpaired) electrons. The van der Waals surface area contributed by atoms with Crippen molar-refractivity contribution in [3.63, 3.8) is 0 Å². The van der Waals surface area contributed by atoms with Gasteiger partial charge in [-0.2, -0.15) is 4.72 Å². The lowest BCUT2D eigenvalue weighted by molar-refractivity contribution is 0.412. The molecular weight excluding hydrogens is 274 g/mol. The summed E-state index contributed by atoms with van der Waals surface area (Å²) in [6, 6.07) is 14.5. The molecule has 0 aromatic heterocycles. The van der Waals surface area contributed by atoms with Crippen LogP contribution in [0.5, 0.6) is 5.75 Å². The summed E-state index contributed by atoms with van der Waals surface area (Å²) in [6.45, 7) is 1.87. The molecule has 3 rings (SSSR count). The highest BCUT2D eigenvalue weighted by Crippen LogP contribution is 2.40. The highest BCUT2D eigenvalue weighted by atomic mass is 32.2. The largest absolute Gasteiger partial charge is 0.497 e. The minimum Gasteiger partial charge on any atom is -0.497 e. The molecule has 1 aliphatic rings. The van der Waals surface area contributed by atoms with Gasteiger partial charge >= 0.3 is 0 Å². The van der Waals surface area contributed by atoms with Gasteiger partial charge in [0.05, 0.1) is 17.5 Å². The second-order valence-corrected chi connectivity index (χ2v) is 6.61. The predicted octanol–water partition coefficient (Wildman–Crippen LogP) is 2.25. The Balaban J connectivity index is 2.23. The van der Waals surface area contributed by atoms with Crippen LogP contribution in [0.3, 0.4) is 0 Å². The van der Waals surface area contributed by atoms with Crippen molar-refractivity contribution >= 4 is 10.0 Å². The predicted molar refractivity (Wildman–Crippen MR) is 76.2 cm³/mol. The Morgan fingerprint density at radius 3 is 2.60 bits per heavy atom. The van der Waals surface area contributed by atoms with E-state index in [4.69, 9.17) is 4.74 Å². The second kappa shape index (κ2) is 4.33. The molecule has 1 N–H and O–H groups in total. The normalized spacial score (nSPS) is 23.3. The number of ether oxygens (including phenoxy) is 1. The smallest absolute Gasteiger partial charge is 0.242 e. The number of nitrogens with one attached hydrogen (secondary N) is 1. The van der Waals surface area contributed by atoms with Gasteiger partial charge < -0.3 is 4.74 Å². The lowest BCUT2D eigenvalue weighted by atomic mass is 9.86. The molecule has 0 bridgehead atoms. The average Bonchev–Trinajstić information content (AvgIpc) is 2.68. The van der Waals surface area contributed by atoms with Crippen molar-refractivity contribution in [3.05, 3.63) is 59.7 Å². The molecule has 0 saturated heterocycles. The summed E-state index contributed by atoms with van der Waals surface area (Å²) < 4.78 is 32.5. The van der Waals surface area contributed by atoms with Crippen LogP contribution in [0.1, 0.15) is 18.1 Å². The quantitative estimate of drug-likeness (QED) is 0.922. The molecule has 2 aromatic rings. The van der Waals surface area contributed by atoms with E-state index in [1.54, 1.807) is 19.2 Å². The molecule has 0 aliphatic carbocycles. The van der Waals surface area contributed by atoms with Gasteiger partial charge in [-0.3, -0.25) is 0 Å². The van der Waals surface area contributed by atoms with Crippen molar-refractivity contribution in [1.29, 1.82) is 0 Å². The first-order valence-electron chi connectivity index (χ1n) is 6.25. The molecule has 0 saturated carbocycles. The van der Waals surface area contributed by atoms with Gasteiger partial charge in [-0.1, -0.05) is 30.3 Å². The number of rotatable bonds is 2. The zero-order valence-electron chi connectivity index (χ0n) is 11.3. The Labute approximate surface area is 118 Å². The van der Waals surface area contributed by atoms with Crippen molar-refractivity contribution in [2.45, 2.75) is 17.4 Å². The molecular formula is C15H15NO3S. The summed E-state index contributed by atoms with van der Waals surface area (Å²) in [6.07, 6.45) is 0. The average molecular weight is 289 g/mol. The maximum absolute atomic E-state index is 12.3. The van der Waals surface area contributed by atoms with E-state index in [0.29, 0.717) is 10.6 Å². The van der Waals surface area contributed by atoms with Crippen LogP contribution in [0.25, 0.3) is 0 Å². The van der Waals surface area contributed by atoms with Crippen LogP contribution in [0.4, 0.5) is 0 Å². The lowest BCUT2D eigenvalue weighted by Crippen LogP contribution is -2.37. The minimum atomic E-state index is -3.47. The lowest BCUT2D eigenvalue weighted by Gasteiger charge is -2.25. The molecule has 0 fully saturated rings. The van der Waals surface area contributed by atoms with Gasteiger partial charge in [0.2, 0.25) is 10.0 Å². The number of benzene rings is 2. The van der Waals surface area contributed by atoms with E-state index in [1.165, 1.54) is 0 Å². The van der Waals surface area contributed by atoms with Gasteiger partial charge in [0.15, 0.2) is 0 Å². The van der Waals surface area contributed by atoms with Crippen LogP contribution in [0.2, 0.25) is 0 Å². The van der Waals surface area contributed by atoms with E-state index in [2.05, 4.69) is 4.72 Å². The summed E-state index contributed by atoms with van der Waals surface area (Å²) in [5.41, 5.74) is 0.836. The molecule has 2 aromatic carbocycles. The third-order valence-corrected chi connectivity index (χ3v) is 5.31.